The number of hydrogen-bond acceptors (Lipinski definition) is 10. The van der Waals surface area contributed by atoms with Crippen molar-refractivity contribution in [2.75, 3.05) is 26.2 Å². The molecule has 16 nitrogen and oxygen atoms in total. The molecule has 3 rings (SSSR count). The Labute approximate surface area is 268 Å². The zero-order valence-corrected chi connectivity index (χ0v) is 27.0. The van der Waals surface area contributed by atoms with Crippen LogP contribution in [0, 0.1) is 11.8 Å². The topological polar surface area (TPSA) is 212 Å². The Morgan fingerprint density at radius 1 is 0.804 bits per heavy atom. The molecule has 3 aliphatic rings. The number of likely N-dealkylation sites (tertiary alicyclic amines) is 1. The van der Waals surface area contributed by atoms with Crippen LogP contribution in [0.1, 0.15) is 79.1 Å². The Bertz CT molecular complexity index is 1170. The van der Waals surface area contributed by atoms with Crippen molar-refractivity contribution in [3.63, 3.8) is 0 Å². The number of rotatable bonds is 15. The van der Waals surface area contributed by atoms with Crippen molar-refractivity contribution in [1.82, 2.24) is 36.5 Å². The highest BCUT2D eigenvalue weighted by molar-refractivity contribution is 6.02. The standard InChI is InChI=1S/C30H47N7O9/c1-17(2)13-20(34-29(44)19-7-5-11-31-19)27(42)32-15-25(40)36-12-6-8-22(36)30(45)35-21(14-18(3)4)28(43)33-16-26(41)46-37-23(38)9-10-24(37)39/h17-22,31H,5-16H2,1-4H3,(H,32,42)(H,33,43)(H,34,44)(H,35,45)/t19-,20-,21-,22-/m0/s1. The van der Waals surface area contributed by atoms with Gasteiger partial charge in [-0.1, -0.05) is 27.7 Å². The van der Waals surface area contributed by atoms with Crippen molar-refractivity contribution in [2.24, 2.45) is 11.8 Å². The van der Waals surface area contributed by atoms with Gasteiger partial charge in [0.15, 0.2) is 0 Å². The van der Waals surface area contributed by atoms with Gasteiger partial charge in [0.05, 0.1) is 12.6 Å². The minimum absolute atomic E-state index is 0.0249. The molecule has 3 fully saturated rings. The number of carbonyl (C=O) groups is 8. The molecule has 0 unspecified atom stereocenters. The number of amides is 7. The Morgan fingerprint density at radius 3 is 1.91 bits per heavy atom. The van der Waals surface area contributed by atoms with Gasteiger partial charge in [0.2, 0.25) is 29.5 Å². The lowest BCUT2D eigenvalue weighted by molar-refractivity contribution is -0.196. The molecule has 3 aliphatic heterocycles. The van der Waals surface area contributed by atoms with Crippen LogP contribution in [0.15, 0.2) is 0 Å². The summed E-state index contributed by atoms with van der Waals surface area (Å²) in [6.45, 7) is 7.57. The highest BCUT2D eigenvalue weighted by Gasteiger charge is 2.37. The smallest absolute Gasteiger partial charge is 0.345 e. The summed E-state index contributed by atoms with van der Waals surface area (Å²) in [4.78, 5) is 107. The number of nitrogens with zero attached hydrogens (tertiary/aromatic N) is 2. The first-order valence-electron chi connectivity index (χ1n) is 16.0. The Kier molecular flexibility index (Phi) is 13.5. The summed E-state index contributed by atoms with van der Waals surface area (Å²) in [5.41, 5.74) is 0. The van der Waals surface area contributed by atoms with Gasteiger partial charge in [-0.05, 0) is 56.9 Å². The number of hydroxylamine groups is 2. The zero-order chi connectivity index (χ0) is 34.0. The normalized spacial score (nSPS) is 20.9. The summed E-state index contributed by atoms with van der Waals surface area (Å²) in [5, 5.41) is 13.9. The van der Waals surface area contributed by atoms with Gasteiger partial charge in [0.25, 0.3) is 11.8 Å². The zero-order valence-electron chi connectivity index (χ0n) is 27.0. The summed E-state index contributed by atoms with van der Waals surface area (Å²) in [6.07, 6.45) is 2.94. The number of nitrogens with one attached hydrogen (secondary N) is 5. The van der Waals surface area contributed by atoms with Gasteiger partial charge in [-0.25, -0.2) is 4.79 Å². The molecule has 0 aromatic rings. The maximum Gasteiger partial charge on any atom is 0.352 e. The van der Waals surface area contributed by atoms with Crippen molar-refractivity contribution in [2.45, 2.75) is 103 Å². The van der Waals surface area contributed by atoms with E-state index in [2.05, 4.69) is 26.6 Å². The van der Waals surface area contributed by atoms with E-state index in [0.717, 1.165) is 13.0 Å². The fourth-order valence-corrected chi connectivity index (χ4v) is 5.65. The van der Waals surface area contributed by atoms with Gasteiger partial charge >= 0.3 is 5.97 Å². The molecule has 256 valence electrons. The van der Waals surface area contributed by atoms with E-state index in [1.165, 1.54) is 4.90 Å². The maximum absolute atomic E-state index is 13.3. The van der Waals surface area contributed by atoms with Crippen LogP contribution in [0.3, 0.4) is 0 Å². The lowest BCUT2D eigenvalue weighted by Crippen LogP contribution is -2.56. The Balaban J connectivity index is 1.54. The van der Waals surface area contributed by atoms with Crippen LogP contribution >= 0.6 is 0 Å². The first kappa shape index (κ1) is 36.4. The minimum Gasteiger partial charge on any atom is -0.345 e. The first-order valence-corrected chi connectivity index (χ1v) is 16.0. The second kappa shape index (κ2) is 17.0. The van der Waals surface area contributed by atoms with Crippen molar-refractivity contribution >= 4 is 47.3 Å². The molecule has 0 bridgehead atoms. The number of carbonyl (C=O) groups excluding carboxylic acids is 8. The van der Waals surface area contributed by atoms with E-state index >= 15 is 0 Å². The molecule has 0 radical (unpaired) electrons. The molecule has 0 aromatic carbocycles. The van der Waals surface area contributed by atoms with Gasteiger partial charge in [-0.15, -0.1) is 5.06 Å². The average molecular weight is 650 g/mol. The Morgan fingerprint density at radius 2 is 1.37 bits per heavy atom. The molecule has 16 heteroatoms. The van der Waals surface area contributed by atoms with Gasteiger partial charge in [0, 0.05) is 19.4 Å². The van der Waals surface area contributed by atoms with E-state index in [4.69, 9.17) is 4.84 Å². The molecule has 0 aromatic heterocycles. The summed E-state index contributed by atoms with van der Waals surface area (Å²) in [5.74, 6) is -4.68. The van der Waals surface area contributed by atoms with Crippen molar-refractivity contribution in [3.05, 3.63) is 0 Å². The second-order valence-electron chi connectivity index (χ2n) is 12.8. The van der Waals surface area contributed by atoms with E-state index < -0.39 is 66.1 Å². The summed E-state index contributed by atoms with van der Waals surface area (Å²) in [7, 11) is 0. The van der Waals surface area contributed by atoms with Crippen LogP contribution in [0.2, 0.25) is 0 Å². The number of hydrogen-bond donors (Lipinski definition) is 5. The first-order chi connectivity index (χ1) is 21.8. The van der Waals surface area contributed by atoms with E-state index in [1.807, 2.05) is 27.7 Å². The lowest BCUT2D eigenvalue weighted by atomic mass is 10.0. The molecule has 46 heavy (non-hydrogen) atoms. The van der Waals surface area contributed by atoms with E-state index in [1.54, 1.807) is 0 Å². The van der Waals surface area contributed by atoms with Gasteiger partial charge in [0.1, 0.15) is 24.7 Å². The SMILES string of the molecule is CC(C)C[C@H](NC(=O)[C@@H]1CCCN1)C(=O)NCC(=O)N1CCC[C@H]1C(=O)N[C@@H](CC(C)C)C(=O)NCC(=O)ON1C(=O)CCC1=O. The van der Waals surface area contributed by atoms with Crippen LogP contribution < -0.4 is 26.6 Å². The van der Waals surface area contributed by atoms with Crippen LogP contribution in [-0.2, 0) is 43.2 Å². The Hall–Kier alpha value is -4.08. The fraction of sp³-hybridized carbons (Fsp3) is 0.733. The molecule has 3 heterocycles. The van der Waals surface area contributed by atoms with Crippen LogP contribution in [-0.4, -0.2) is 108 Å². The van der Waals surface area contributed by atoms with E-state index in [9.17, 15) is 38.4 Å². The molecule has 0 saturated carbocycles. The third-order valence-electron chi connectivity index (χ3n) is 7.95. The molecule has 3 saturated heterocycles. The quantitative estimate of drug-likeness (QED) is 0.131. The maximum atomic E-state index is 13.3. The second-order valence-corrected chi connectivity index (χ2v) is 12.8. The molecule has 5 N–H and O–H groups in total. The fourth-order valence-electron chi connectivity index (χ4n) is 5.65. The van der Waals surface area contributed by atoms with Gasteiger partial charge in [-0.3, -0.25) is 33.6 Å². The largest absolute Gasteiger partial charge is 0.352 e. The summed E-state index contributed by atoms with van der Waals surface area (Å²) in [6, 6.07) is -3.08. The van der Waals surface area contributed by atoms with Crippen LogP contribution in [0.25, 0.3) is 0 Å². The molecule has 0 aliphatic carbocycles. The van der Waals surface area contributed by atoms with Crippen LogP contribution in [0.5, 0.6) is 0 Å². The molecule has 4 atom stereocenters. The summed E-state index contributed by atoms with van der Waals surface area (Å²) >= 11 is 0. The predicted octanol–water partition coefficient (Wildman–Crippen LogP) is -1.37. The van der Waals surface area contributed by atoms with Crippen molar-refractivity contribution < 1.29 is 43.2 Å². The molecular formula is C30H47N7O9. The van der Waals surface area contributed by atoms with Gasteiger partial charge < -0.3 is 36.3 Å². The van der Waals surface area contributed by atoms with Crippen molar-refractivity contribution in [1.29, 1.82) is 0 Å². The third kappa shape index (κ3) is 10.5. The molecule has 0 spiro atoms. The van der Waals surface area contributed by atoms with Gasteiger partial charge in [-0.2, -0.15) is 0 Å². The summed E-state index contributed by atoms with van der Waals surface area (Å²) < 4.78 is 0. The van der Waals surface area contributed by atoms with E-state index in [-0.39, 0.29) is 56.1 Å². The molecule has 7 amide bonds. The van der Waals surface area contributed by atoms with E-state index in [0.29, 0.717) is 30.7 Å². The highest BCUT2D eigenvalue weighted by atomic mass is 16.7. The predicted molar refractivity (Wildman–Crippen MR) is 162 cm³/mol. The van der Waals surface area contributed by atoms with Crippen molar-refractivity contribution in [3.8, 4) is 0 Å². The monoisotopic (exact) mass is 649 g/mol. The highest BCUT2D eigenvalue weighted by Crippen LogP contribution is 2.19. The lowest BCUT2D eigenvalue weighted by Gasteiger charge is -2.27. The van der Waals surface area contributed by atoms with Crippen LogP contribution in [0.4, 0.5) is 0 Å². The number of imide groups is 1. The third-order valence-corrected chi connectivity index (χ3v) is 7.95. The molecular weight excluding hydrogens is 602 g/mol. The minimum atomic E-state index is -1.04. The average Bonchev–Trinajstić information content (AvgIpc) is 3.77.